The summed E-state index contributed by atoms with van der Waals surface area (Å²) in [6.45, 7) is 0.0982. The Bertz CT molecular complexity index is 1220. The number of β-lactam (4-membered cyclic amide) rings is 1. The summed E-state index contributed by atoms with van der Waals surface area (Å²) in [5.41, 5.74) is 7.12. The number of nitrogens with zero attached hydrogens (tertiary/aromatic N) is 5. The highest BCUT2D eigenvalue weighted by Crippen LogP contribution is 2.41. The van der Waals surface area contributed by atoms with Gasteiger partial charge in [-0.05, 0) is 33.7 Å². The van der Waals surface area contributed by atoms with Gasteiger partial charge in [0.05, 0.1) is 0 Å². The lowest BCUT2D eigenvalue weighted by Gasteiger charge is -2.49. The molecule has 0 radical (unpaired) electrons. The number of carboxylic acids is 1. The summed E-state index contributed by atoms with van der Waals surface area (Å²) in [7, 11) is 1.68. The smallest absolute Gasteiger partial charge is 0.352 e. The number of nitrogens with one attached hydrogen (secondary N) is 1. The van der Waals surface area contributed by atoms with Crippen molar-refractivity contribution >= 4 is 41.3 Å². The molecule has 3 atom stereocenters. The standard InChI is InChI=1S/C19H19N7O6S2/c1-25-19(22-23-24-25)34-6-9-5-33-17-13(16(28)26(17)14(9)18(29)30)21-15(27)12(20)8-2-3-10-11(4-8)32-7-31-10/h2-4,12-13,17H,5-7,20H2,1H3,(H,21,27)(H,29,30)/t12-,13?,17?/m1/s1. The number of fused-ring (bicyclic) bond motifs is 2. The van der Waals surface area contributed by atoms with Crippen molar-refractivity contribution in [1.29, 1.82) is 0 Å². The number of aromatic nitrogens is 4. The molecule has 0 bridgehead atoms. The summed E-state index contributed by atoms with van der Waals surface area (Å²) in [5.74, 6) is -0.490. The average Bonchev–Trinajstić information content (AvgIpc) is 3.47. The molecule has 15 heteroatoms. The first kappa shape index (κ1) is 22.5. The Morgan fingerprint density at radius 2 is 2.18 bits per heavy atom. The lowest BCUT2D eigenvalue weighted by molar-refractivity contribution is -0.150. The molecule has 2 aromatic rings. The van der Waals surface area contributed by atoms with Crippen molar-refractivity contribution in [2.24, 2.45) is 12.8 Å². The number of carbonyl (C=O) groups is 3. The van der Waals surface area contributed by atoms with Gasteiger partial charge in [0.1, 0.15) is 23.2 Å². The minimum Gasteiger partial charge on any atom is -0.477 e. The monoisotopic (exact) mass is 505 g/mol. The number of ether oxygens (including phenoxy) is 2. The first-order chi connectivity index (χ1) is 16.3. The van der Waals surface area contributed by atoms with Crippen LogP contribution in [0.15, 0.2) is 34.6 Å². The fourth-order valence-electron chi connectivity index (χ4n) is 3.79. The van der Waals surface area contributed by atoms with E-state index in [4.69, 9.17) is 15.2 Å². The predicted molar refractivity (Wildman–Crippen MR) is 119 cm³/mol. The van der Waals surface area contributed by atoms with E-state index in [1.807, 2.05) is 0 Å². The van der Waals surface area contributed by atoms with Gasteiger partial charge < -0.3 is 25.6 Å². The van der Waals surface area contributed by atoms with Gasteiger partial charge in [-0.15, -0.1) is 16.9 Å². The Labute approximate surface area is 201 Å². The van der Waals surface area contributed by atoms with Crippen LogP contribution in [0.25, 0.3) is 0 Å². The van der Waals surface area contributed by atoms with Gasteiger partial charge in [-0.3, -0.25) is 14.5 Å². The largest absolute Gasteiger partial charge is 0.477 e. The third-order valence-corrected chi connectivity index (χ3v) is 7.98. The number of nitrogens with two attached hydrogens (primary N) is 1. The molecular formula is C19H19N7O6S2. The molecule has 2 unspecified atom stereocenters. The number of thioether (sulfide) groups is 2. The molecule has 4 N–H and O–H groups in total. The predicted octanol–water partition coefficient (Wildman–Crippen LogP) is -0.530. The Kier molecular flexibility index (Phi) is 5.83. The molecule has 178 valence electrons. The van der Waals surface area contributed by atoms with Crippen molar-refractivity contribution in [3.05, 3.63) is 35.0 Å². The van der Waals surface area contributed by atoms with E-state index in [0.29, 0.717) is 39.3 Å². The normalized spacial score (nSPS) is 21.7. The Morgan fingerprint density at radius 1 is 1.38 bits per heavy atom. The van der Waals surface area contributed by atoms with Crippen LogP contribution in [0.1, 0.15) is 11.6 Å². The zero-order valence-electron chi connectivity index (χ0n) is 17.7. The summed E-state index contributed by atoms with van der Waals surface area (Å²) in [5, 5.41) is 23.6. The molecule has 5 rings (SSSR count). The maximum absolute atomic E-state index is 12.9. The molecule has 0 aliphatic carbocycles. The van der Waals surface area contributed by atoms with E-state index in [-0.39, 0.29) is 12.5 Å². The topological polar surface area (TPSA) is 175 Å². The second kappa shape index (κ2) is 8.81. The van der Waals surface area contributed by atoms with Crippen LogP contribution in [0.2, 0.25) is 0 Å². The molecule has 1 aromatic carbocycles. The molecule has 3 aliphatic rings. The van der Waals surface area contributed by atoms with E-state index in [9.17, 15) is 19.5 Å². The van der Waals surface area contributed by atoms with Crippen molar-refractivity contribution in [3.63, 3.8) is 0 Å². The number of aryl methyl sites for hydroxylation is 1. The number of carbonyl (C=O) groups excluding carboxylic acids is 2. The molecule has 2 amide bonds. The van der Waals surface area contributed by atoms with Crippen LogP contribution in [0.4, 0.5) is 0 Å². The lowest BCUT2D eigenvalue weighted by atomic mass is 10.0. The highest BCUT2D eigenvalue weighted by molar-refractivity contribution is 8.01. The van der Waals surface area contributed by atoms with Crippen LogP contribution in [0.5, 0.6) is 11.5 Å². The van der Waals surface area contributed by atoms with E-state index in [1.165, 1.54) is 33.1 Å². The fraction of sp³-hybridized carbons (Fsp3) is 0.368. The number of carboxylic acid groups (broad SMARTS) is 1. The zero-order valence-corrected chi connectivity index (χ0v) is 19.3. The van der Waals surface area contributed by atoms with E-state index in [0.717, 1.165) is 0 Å². The van der Waals surface area contributed by atoms with Gasteiger partial charge in [-0.25, -0.2) is 9.48 Å². The molecule has 0 spiro atoms. The van der Waals surface area contributed by atoms with Crippen LogP contribution in [-0.2, 0) is 21.4 Å². The average molecular weight is 506 g/mol. The Balaban J connectivity index is 1.27. The SMILES string of the molecule is Cn1nnnc1SCC1=C(C(=O)O)N2C(=O)C(NC(=O)[C@H](N)c3ccc4c(c3)OCO4)C2SC1. The summed E-state index contributed by atoms with van der Waals surface area (Å²) < 4.78 is 12.1. The summed E-state index contributed by atoms with van der Waals surface area (Å²) in [4.78, 5) is 38.9. The number of hydrogen-bond acceptors (Lipinski definition) is 11. The lowest BCUT2D eigenvalue weighted by Crippen LogP contribution is -2.71. The van der Waals surface area contributed by atoms with Gasteiger partial charge in [0.15, 0.2) is 11.5 Å². The van der Waals surface area contributed by atoms with Gasteiger partial charge in [0, 0.05) is 18.6 Å². The van der Waals surface area contributed by atoms with Gasteiger partial charge in [0.25, 0.3) is 5.91 Å². The molecule has 0 saturated carbocycles. The van der Waals surface area contributed by atoms with Gasteiger partial charge in [0.2, 0.25) is 17.9 Å². The molecule has 1 fully saturated rings. The first-order valence-electron chi connectivity index (χ1n) is 10.1. The van der Waals surface area contributed by atoms with Crippen LogP contribution in [0.3, 0.4) is 0 Å². The number of aliphatic carboxylic acids is 1. The van der Waals surface area contributed by atoms with Crippen molar-refractivity contribution in [2.75, 3.05) is 18.3 Å². The molecular weight excluding hydrogens is 486 g/mol. The van der Waals surface area contributed by atoms with Crippen LogP contribution in [0, 0.1) is 0 Å². The molecule has 34 heavy (non-hydrogen) atoms. The first-order valence-corrected chi connectivity index (χ1v) is 12.1. The second-order valence-electron chi connectivity index (χ2n) is 7.62. The Morgan fingerprint density at radius 3 is 2.91 bits per heavy atom. The fourth-order valence-corrected chi connectivity index (χ4v) is 6.13. The quantitative estimate of drug-likeness (QED) is 0.324. The van der Waals surface area contributed by atoms with Crippen molar-refractivity contribution < 1.29 is 29.0 Å². The van der Waals surface area contributed by atoms with Crippen LogP contribution in [-0.4, -0.2) is 77.7 Å². The molecule has 13 nitrogen and oxygen atoms in total. The van der Waals surface area contributed by atoms with Crippen molar-refractivity contribution in [2.45, 2.75) is 22.6 Å². The van der Waals surface area contributed by atoms with Crippen LogP contribution >= 0.6 is 23.5 Å². The summed E-state index contributed by atoms with van der Waals surface area (Å²) in [6.07, 6.45) is 0. The number of amides is 2. The van der Waals surface area contributed by atoms with E-state index < -0.39 is 35.2 Å². The Hall–Kier alpha value is -3.30. The highest BCUT2D eigenvalue weighted by atomic mass is 32.2. The third-order valence-electron chi connectivity index (χ3n) is 5.54. The van der Waals surface area contributed by atoms with Crippen molar-refractivity contribution in [3.8, 4) is 11.5 Å². The van der Waals surface area contributed by atoms with Gasteiger partial charge in [-0.2, -0.15) is 0 Å². The molecule has 1 saturated heterocycles. The van der Waals surface area contributed by atoms with Crippen molar-refractivity contribution in [1.82, 2.24) is 30.4 Å². The number of rotatable bonds is 7. The van der Waals surface area contributed by atoms with E-state index >= 15 is 0 Å². The molecule has 1 aromatic heterocycles. The second-order valence-corrected chi connectivity index (χ2v) is 9.66. The summed E-state index contributed by atoms with van der Waals surface area (Å²) in [6, 6.07) is 3.04. The minimum absolute atomic E-state index is 0.0676. The van der Waals surface area contributed by atoms with Gasteiger partial charge >= 0.3 is 5.97 Å². The maximum Gasteiger partial charge on any atom is 0.352 e. The van der Waals surface area contributed by atoms with E-state index in [2.05, 4.69) is 20.8 Å². The highest BCUT2D eigenvalue weighted by Gasteiger charge is 2.54. The molecule has 3 aliphatic heterocycles. The van der Waals surface area contributed by atoms with E-state index in [1.54, 1.807) is 25.2 Å². The zero-order chi connectivity index (χ0) is 24.0. The maximum atomic E-state index is 12.9. The number of benzene rings is 1. The molecule has 4 heterocycles. The van der Waals surface area contributed by atoms with Crippen LogP contribution < -0.4 is 20.5 Å². The third kappa shape index (κ3) is 3.84. The minimum atomic E-state index is -1.20. The summed E-state index contributed by atoms with van der Waals surface area (Å²) >= 11 is 2.66. The van der Waals surface area contributed by atoms with Gasteiger partial charge in [-0.1, -0.05) is 17.8 Å². The number of tetrazole rings is 1. The number of hydrogen-bond donors (Lipinski definition) is 3.